The Morgan fingerprint density at radius 2 is 2.22 bits per heavy atom. The largest absolute Gasteiger partial charge is 0.376 e. The van der Waals surface area contributed by atoms with Gasteiger partial charge in [0.2, 0.25) is 0 Å². The molecule has 0 bridgehead atoms. The molecule has 1 aromatic heterocycles. The number of aliphatic hydroxyl groups is 1. The number of rotatable bonds is 1. The summed E-state index contributed by atoms with van der Waals surface area (Å²) in [6, 6.07) is 10.6. The minimum absolute atomic E-state index is 0.140. The Kier molecular flexibility index (Phi) is 4.33. The normalized spacial score (nSPS) is 20.0. The van der Waals surface area contributed by atoms with E-state index < -0.39 is 5.60 Å². The molecule has 2 aromatic rings. The standard InChI is InChI=1S/C18H15ClN2O2/c19-16-5-1-3-14(11-16)6-7-18(23)8-10-21(13-18)17(22)15-4-2-9-20-12-15/h1-5,9,11-12,23H,8,10,13H2. The molecule has 1 aromatic carbocycles. The van der Waals surface area contributed by atoms with Gasteiger partial charge in [-0.1, -0.05) is 29.5 Å². The van der Waals surface area contributed by atoms with E-state index in [1.165, 1.54) is 6.20 Å². The first-order valence-corrected chi connectivity index (χ1v) is 7.64. The minimum Gasteiger partial charge on any atom is -0.376 e. The molecule has 0 radical (unpaired) electrons. The topological polar surface area (TPSA) is 53.4 Å². The van der Waals surface area contributed by atoms with Gasteiger partial charge < -0.3 is 10.0 Å². The van der Waals surface area contributed by atoms with Crippen LogP contribution in [-0.2, 0) is 0 Å². The van der Waals surface area contributed by atoms with Crippen LogP contribution in [0.4, 0.5) is 0 Å². The first-order valence-electron chi connectivity index (χ1n) is 7.26. The summed E-state index contributed by atoms with van der Waals surface area (Å²) >= 11 is 5.92. The highest BCUT2D eigenvalue weighted by molar-refractivity contribution is 6.30. The molecule has 1 amide bonds. The Balaban J connectivity index is 1.73. The summed E-state index contributed by atoms with van der Waals surface area (Å²) in [7, 11) is 0. The Morgan fingerprint density at radius 3 is 2.96 bits per heavy atom. The smallest absolute Gasteiger partial charge is 0.255 e. The van der Waals surface area contributed by atoms with Crippen LogP contribution >= 0.6 is 11.6 Å². The van der Waals surface area contributed by atoms with Crippen LogP contribution in [0.1, 0.15) is 22.3 Å². The van der Waals surface area contributed by atoms with Crippen molar-refractivity contribution in [1.82, 2.24) is 9.88 Å². The van der Waals surface area contributed by atoms with Gasteiger partial charge >= 0.3 is 0 Å². The Morgan fingerprint density at radius 1 is 1.35 bits per heavy atom. The number of likely N-dealkylation sites (tertiary alicyclic amines) is 1. The second kappa shape index (κ2) is 6.41. The van der Waals surface area contributed by atoms with Gasteiger partial charge in [-0.3, -0.25) is 9.78 Å². The van der Waals surface area contributed by atoms with Crippen molar-refractivity contribution in [3.63, 3.8) is 0 Å². The van der Waals surface area contributed by atoms with Crippen molar-refractivity contribution in [3.8, 4) is 11.8 Å². The van der Waals surface area contributed by atoms with Crippen LogP contribution in [0.25, 0.3) is 0 Å². The maximum Gasteiger partial charge on any atom is 0.255 e. The SMILES string of the molecule is O=C(c1cccnc1)N1CCC(O)(C#Cc2cccc(Cl)c2)C1. The molecular formula is C18H15ClN2O2. The van der Waals surface area contributed by atoms with Crippen LogP contribution in [0.3, 0.4) is 0 Å². The third-order valence-electron chi connectivity index (χ3n) is 3.71. The quantitative estimate of drug-likeness (QED) is 0.819. The molecule has 116 valence electrons. The molecule has 1 aliphatic heterocycles. The van der Waals surface area contributed by atoms with Crippen LogP contribution in [0.5, 0.6) is 0 Å². The number of amides is 1. The fourth-order valence-electron chi connectivity index (χ4n) is 2.50. The fraction of sp³-hybridized carbons (Fsp3) is 0.222. The summed E-state index contributed by atoms with van der Waals surface area (Å²) in [6.45, 7) is 0.656. The highest BCUT2D eigenvalue weighted by atomic mass is 35.5. The van der Waals surface area contributed by atoms with Gasteiger partial charge in [-0.15, -0.1) is 0 Å². The molecule has 1 aliphatic rings. The molecule has 1 unspecified atom stereocenters. The highest BCUT2D eigenvalue weighted by Crippen LogP contribution is 2.22. The zero-order valence-corrected chi connectivity index (χ0v) is 13.1. The predicted molar refractivity (Wildman–Crippen MR) is 88.0 cm³/mol. The number of β-amino-alcohol motifs (C(OH)–C–C–N with tert-alkyl or cyclic N) is 1. The van der Waals surface area contributed by atoms with Gasteiger partial charge in [-0.25, -0.2) is 0 Å². The Labute approximate surface area is 139 Å². The average molecular weight is 327 g/mol. The van der Waals surface area contributed by atoms with Crippen LogP contribution in [0.15, 0.2) is 48.8 Å². The first-order chi connectivity index (χ1) is 11.1. The fourth-order valence-corrected chi connectivity index (χ4v) is 2.69. The van der Waals surface area contributed by atoms with Gasteiger partial charge in [0, 0.05) is 35.9 Å². The molecule has 1 saturated heterocycles. The zero-order chi connectivity index (χ0) is 16.3. The highest BCUT2D eigenvalue weighted by Gasteiger charge is 2.37. The molecule has 23 heavy (non-hydrogen) atoms. The van der Waals surface area contributed by atoms with Gasteiger partial charge in [-0.05, 0) is 30.3 Å². The van der Waals surface area contributed by atoms with E-state index in [0.717, 1.165) is 5.56 Å². The lowest BCUT2D eigenvalue weighted by molar-refractivity contribution is 0.0707. The number of halogens is 1. The maximum atomic E-state index is 12.4. The minimum atomic E-state index is -1.19. The molecule has 1 fully saturated rings. The monoisotopic (exact) mass is 326 g/mol. The lowest BCUT2D eigenvalue weighted by Crippen LogP contribution is -2.35. The summed E-state index contributed by atoms with van der Waals surface area (Å²) in [5.41, 5.74) is 0.0581. The summed E-state index contributed by atoms with van der Waals surface area (Å²) in [6.07, 6.45) is 3.57. The van der Waals surface area contributed by atoms with Crippen molar-refractivity contribution in [1.29, 1.82) is 0 Å². The zero-order valence-electron chi connectivity index (χ0n) is 12.4. The summed E-state index contributed by atoms with van der Waals surface area (Å²) < 4.78 is 0. The van der Waals surface area contributed by atoms with Gasteiger partial charge in [0.05, 0.1) is 12.1 Å². The number of hydrogen-bond donors (Lipinski definition) is 1. The van der Waals surface area contributed by atoms with Gasteiger partial charge in [0.15, 0.2) is 0 Å². The van der Waals surface area contributed by atoms with Gasteiger partial charge in [0.1, 0.15) is 5.60 Å². The number of carbonyl (C=O) groups is 1. The summed E-state index contributed by atoms with van der Waals surface area (Å²) in [4.78, 5) is 17.9. The molecule has 1 atom stereocenters. The molecule has 5 heteroatoms. The van der Waals surface area contributed by atoms with E-state index >= 15 is 0 Å². The van der Waals surface area contributed by atoms with Crippen molar-refractivity contribution in [2.24, 2.45) is 0 Å². The van der Waals surface area contributed by atoms with Crippen LogP contribution in [0, 0.1) is 11.8 Å². The third-order valence-corrected chi connectivity index (χ3v) is 3.94. The maximum absolute atomic E-state index is 12.4. The van der Waals surface area contributed by atoms with Crippen molar-refractivity contribution in [2.75, 3.05) is 13.1 Å². The molecule has 1 N–H and O–H groups in total. The lowest BCUT2D eigenvalue weighted by Gasteiger charge is -2.18. The summed E-state index contributed by atoms with van der Waals surface area (Å²) in [5.74, 6) is 5.67. The first kappa shape index (κ1) is 15.5. The molecule has 0 aliphatic carbocycles. The van der Waals surface area contributed by atoms with Crippen LogP contribution < -0.4 is 0 Å². The van der Waals surface area contributed by atoms with Crippen molar-refractivity contribution >= 4 is 17.5 Å². The Hall–Kier alpha value is -2.35. The number of benzene rings is 1. The second-order valence-corrected chi connectivity index (χ2v) is 5.95. The molecule has 3 rings (SSSR count). The van der Waals surface area contributed by atoms with E-state index in [4.69, 9.17) is 11.6 Å². The summed E-state index contributed by atoms with van der Waals surface area (Å²) in [5, 5.41) is 11.2. The lowest BCUT2D eigenvalue weighted by atomic mass is 10.0. The third kappa shape index (κ3) is 3.70. The second-order valence-electron chi connectivity index (χ2n) is 5.51. The van der Waals surface area contributed by atoms with Crippen molar-refractivity contribution < 1.29 is 9.90 Å². The predicted octanol–water partition coefficient (Wildman–Crippen LogP) is 2.36. The van der Waals surface area contributed by atoms with Crippen LogP contribution in [-0.4, -0.2) is 39.6 Å². The number of pyridine rings is 1. The number of hydrogen-bond acceptors (Lipinski definition) is 3. The molecule has 4 nitrogen and oxygen atoms in total. The van der Waals surface area contributed by atoms with Crippen molar-refractivity contribution in [2.45, 2.75) is 12.0 Å². The number of carbonyl (C=O) groups excluding carboxylic acids is 1. The van der Waals surface area contributed by atoms with Crippen LogP contribution in [0.2, 0.25) is 5.02 Å². The van der Waals surface area contributed by atoms with E-state index in [2.05, 4.69) is 16.8 Å². The van der Waals surface area contributed by atoms with Gasteiger partial charge in [0.25, 0.3) is 5.91 Å². The molecular weight excluding hydrogens is 312 g/mol. The molecule has 0 spiro atoms. The molecule has 0 saturated carbocycles. The van der Waals surface area contributed by atoms with E-state index in [1.807, 2.05) is 12.1 Å². The average Bonchev–Trinajstić information content (AvgIpc) is 2.96. The number of aromatic nitrogens is 1. The van der Waals surface area contributed by atoms with Gasteiger partial charge in [-0.2, -0.15) is 0 Å². The number of nitrogens with zero attached hydrogens (tertiary/aromatic N) is 2. The van der Waals surface area contributed by atoms with Crippen molar-refractivity contribution in [3.05, 3.63) is 64.9 Å². The van der Waals surface area contributed by atoms with E-state index in [0.29, 0.717) is 23.6 Å². The van der Waals surface area contributed by atoms with E-state index in [9.17, 15) is 9.90 Å². The molecule has 2 heterocycles. The Bertz CT molecular complexity index is 782. The van der Waals surface area contributed by atoms with E-state index in [1.54, 1.807) is 35.4 Å². The van der Waals surface area contributed by atoms with E-state index in [-0.39, 0.29) is 12.5 Å².